The molecule has 1 aromatic carbocycles. The molecule has 1 saturated heterocycles. The zero-order valence-corrected chi connectivity index (χ0v) is 11.0. The maximum Gasteiger partial charge on any atom is 0.311 e. The van der Waals surface area contributed by atoms with Gasteiger partial charge in [-0.2, -0.15) is 0 Å². The molecule has 0 aliphatic carbocycles. The van der Waals surface area contributed by atoms with Crippen molar-refractivity contribution < 1.29 is 14.3 Å². The van der Waals surface area contributed by atoms with Crippen LogP contribution in [0.2, 0.25) is 5.02 Å². The second-order valence-electron chi connectivity index (χ2n) is 4.36. The molecule has 18 heavy (non-hydrogen) atoms. The number of hydrogen-bond donors (Lipinski definition) is 0. The van der Waals surface area contributed by atoms with E-state index in [4.69, 9.17) is 11.6 Å². The fourth-order valence-corrected chi connectivity index (χ4v) is 2.21. The molecule has 0 saturated carbocycles. The molecule has 0 spiro atoms. The summed E-state index contributed by atoms with van der Waals surface area (Å²) in [5.41, 5.74) is 1.68. The number of methoxy groups -OCH3 is 1. The lowest BCUT2D eigenvalue weighted by Gasteiger charge is -2.17. The Kier molecular flexibility index (Phi) is 3.57. The SMILES string of the molecule is COC(=O)[C@@H]1CC(=O)N(c2ccc(C)c(Cl)c2)C1. The zero-order valence-electron chi connectivity index (χ0n) is 10.3. The minimum atomic E-state index is -0.387. The van der Waals surface area contributed by atoms with Crippen LogP contribution < -0.4 is 4.90 Å². The van der Waals surface area contributed by atoms with Gasteiger partial charge in [-0.05, 0) is 24.6 Å². The largest absolute Gasteiger partial charge is 0.469 e. The molecule has 0 unspecified atom stereocenters. The van der Waals surface area contributed by atoms with Gasteiger partial charge in [0.15, 0.2) is 0 Å². The van der Waals surface area contributed by atoms with Gasteiger partial charge in [-0.15, -0.1) is 0 Å². The van der Waals surface area contributed by atoms with E-state index in [-0.39, 0.29) is 24.2 Å². The van der Waals surface area contributed by atoms with Crippen LogP contribution in [0.15, 0.2) is 18.2 Å². The molecular weight excluding hydrogens is 254 g/mol. The Balaban J connectivity index is 2.21. The molecule has 1 atom stereocenters. The van der Waals surface area contributed by atoms with Crippen molar-refractivity contribution in [3.05, 3.63) is 28.8 Å². The molecular formula is C13H14ClNO3. The topological polar surface area (TPSA) is 46.6 Å². The van der Waals surface area contributed by atoms with E-state index >= 15 is 0 Å². The Bertz CT molecular complexity index is 501. The van der Waals surface area contributed by atoms with Crippen molar-refractivity contribution in [1.82, 2.24) is 0 Å². The number of hydrogen-bond acceptors (Lipinski definition) is 3. The summed E-state index contributed by atoms with van der Waals surface area (Å²) in [6.45, 7) is 2.25. The summed E-state index contributed by atoms with van der Waals surface area (Å²) in [4.78, 5) is 24.9. The summed E-state index contributed by atoms with van der Waals surface area (Å²) in [5.74, 6) is -0.808. The summed E-state index contributed by atoms with van der Waals surface area (Å²) in [6, 6.07) is 5.43. The van der Waals surface area contributed by atoms with E-state index in [1.165, 1.54) is 7.11 Å². The average molecular weight is 268 g/mol. The Hall–Kier alpha value is -1.55. The van der Waals surface area contributed by atoms with Gasteiger partial charge in [0.05, 0.1) is 13.0 Å². The summed E-state index contributed by atoms with van der Waals surface area (Å²) < 4.78 is 4.67. The maximum absolute atomic E-state index is 11.9. The van der Waals surface area contributed by atoms with Crippen LogP contribution in [0, 0.1) is 12.8 Å². The van der Waals surface area contributed by atoms with Crippen LogP contribution in [0.1, 0.15) is 12.0 Å². The fourth-order valence-electron chi connectivity index (χ4n) is 2.03. The van der Waals surface area contributed by atoms with E-state index < -0.39 is 0 Å². The number of ether oxygens (including phenoxy) is 1. The number of nitrogens with zero attached hydrogens (tertiary/aromatic N) is 1. The number of halogens is 1. The third-order valence-electron chi connectivity index (χ3n) is 3.13. The molecule has 96 valence electrons. The molecule has 1 heterocycles. The smallest absolute Gasteiger partial charge is 0.311 e. The molecule has 0 radical (unpaired) electrons. The number of esters is 1. The average Bonchev–Trinajstić information content (AvgIpc) is 2.74. The maximum atomic E-state index is 11.9. The molecule has 1 aromatic rings. The van der Waals surface area contributed by atoms with E-state index in [1.54, 1.807) is 11.0 Å². The van der Waals surface area contributed by atoms with Crippen LogP contribution in [0.5, 0.6) is 0 Å². The van der Waals surface area contributed by atoms with E-state index in [0.29, 0.717) is 11.6 Å². The summed E-state index contributed by atoms with van der Waals surface area (Å²) in [7, 11) is 1.33. The molecule has 0 bridgehead atoms. The molecule has 1 aliphatic rings. The van der Waals surface area contributed by atoms with Gasteiger partial charge in [-0.1, -0.05) is 17.7 Å². The Morgan fingerprint density at radius 3 is 2.83 bits per heavy atom. The third kappa shape index (κ3) is 2.34. The Morgan fingerprint density at radius 1 is 1.50 bits per heavy atom. The Labute approximate surface area is 110 Å². The number of anilines is 1. The second kappa shape index (κ2) is 4.98. The first-order valence-corrected chi connectivity index (χ1v) is 6.05. The Morgan fingerprint density at radius 2 is 2.22 bits per heavy atom. The molecule has 0 N–H and O–H groups in total. The van der Waals surface area contributed by atoms with Crippen LogP contribution in [-0.4, -0.2) is 25.5 Å². The molecule has 1 aliphatic heterocycles. The van der Waals surface area contributed by atoms with Crippen LogP contribution in [-0.2, 0) is 14.3 Å². The van der Waals surface area contributed by atoms with E-state index in [2.05, 4.69) is 4.74 Å². The van der Waals surface area contributed by atoms with Gasteiger partial charge in [0.25, 0.3) is 0 Å². The lowest BCUT2D eigenvalue weighted by molar-refractivity contribution is -0.145. The summed E-state index contributed by atoms with van der Waals surface area (Å²) in [6.07, 6.45) is 0.193. The lowest BCUT2D eigenvalue weighted by atomic mass is 10.1. The van der Waals surface area contributed by atoms with Crippen LogP contribution >= 0.6 is 11.6 Å². The highest BCUT2D eigenvalue weighted by molar-refractivity contribution is 6.31. The summed E-state index contributed by atoms with van der Waals surface area (Å²) in [5, 5.41) is 0.613. The van der Waals surface area contributed by atoms with E-state index in [1.807, 2.05) is 19.1 Å². The van der Waals surface area contributed by atoms with Gasteiger partial charge in [-0.25, -0.2) is 0 Å². The van der Waals surface area contributed by atoms with Gasteiger partial charge >= 0.3 is 5.97 Å². The van der Waals surface area contributed by atoms with Crippen molar-refractivity contribution in [3.8, 4) is 0 Å². The standard InChI is InChI=1S/C13H14ClNO3/c1-8-3-4-10(6-11(8)14)15-7-9(5-12(15)16)13(17)18-2/h3-4,6,9H,5,7H2,1-2H3/t9-/m1/s1. The van der Waals surface area contributed by atoms with Crippen molar-refractivity contribution >= 4 is 29.2 Å². The molecule has 4 nitrogen and oxygen atoms in total. The van der Waals surface area contributed by atoms with E-state index in [9.17, 15) is 9.59 Å². The summed E-state index contributed by atoms with van der Waals surface area (Å²) >= 11 is 6.04. The van der Waals surface area contributed by atoms with Crippen molar-refractivity contribution in [2.45, 2.75) is 13.3 Å². The van der Waals surface area contributed by atoms with Gasteiger partial charge in [0, 0.05) is 23.7 Å². The second-order valence-corrected chi connectivity index (χ2v) is 4.77. The molecule has 1 fully saturated rings. The highest BCUT2D eigenvalue weighted by Gasteiger charge is 2.35. The van der Waals surface area contributed by atoms with Crippen LogP contribution in [0.25, 0.3) is 0 Å². The minimum absolute atomic E-state index is 0.0784. The predicted molar refractivity (Wildman–Crippen MR) is 68.7 cm³/mol. The van der Waals surface area contributed by atoms with Crippen molar-refractivity contribution in [2.75, 3.05) is 18.6 Å². The number of amides is 1. The highest BCUT2D eigenvalue weighted by atomic mass is 35.5. The number of rotatable bonds is 2. The van der Waals surface area contributed by atoms with Crippen LogP contribution in [0.4, 0.5) is 5.69 Å². The molecule has 1 amide bonds. The molecule has 2 rings (SSSR count). The highest BCUT2D eigenvalue weighted by Crippen LogP contribution is 2.29. The number of carbonyl (C=O) groups excluding carboxylic acids is 2. The third-order valence-corrected chi connectivity index (χ3v) is 3.53. The first-order chi connectivity index (χ1) is 8.52. The van der Waals surface area contributed by atoms with Crippen molar-refractivity contribution in [3.63, 3.8) is 0 Å². The zero-order chi connectivity index (χ0) is 13.3. The van der Waals surface area contributed by atoms with E-state index in [0.717, 1.165) is 11.3 Å². The number of benzene rings is 1. The van der Waals surface area contributed by atoms with Gasteiger partial charge < -0.3 is 9.64 Å². The number of carbonyl (C=O) groups is 2. The van der Waals surface area contributed by atoms with Gasteiger partial charge in [0.1, 0.15) is 0 Å². The minimum Gasteiger partial charge on any atom is -0.469 e. The first-order valence-electron chi connectivity index (χ1n) is 5.67. The quantitative estimate of drug-likeness (QED) is 0.772. The van der Waals surface area contributed by atoms with Gasteiger partial charge in [0.2, 0.25) is 5.91 Å². The normalized spacial score (nSPS) is 19.2. The first kappa shape index (κ1) is 12.9. The monoisotopic (exact) mass is 267 g/mol. The molecule has 0 aromatic heterocycles. The fraction of sp³-hybridized carbons (Fsp3) is 0.385. The number of aryl methyl sites for hydroxylation is 1. The van der Waals surface area contributed by atoms with Crippen LogP contribution in [0.3, 0.4) is 0 Å². The lowest BCUT2D eigenvalue weighted by Crippen LogP contribution is -2.26. The van der Waals surface area contributed by atoms with Crippen molar-refractivity contribution in [1.29, 1.82) is 0 Å². The van der Waals surface area contributed by atoms with Crippen molar-refractivity contribution in [2.24, 2.45) is 5.92 Å². The predicted octanol–water partition coefficient (Wildman–Crippen LogP) is 2.17. The molecule has 5 heteroatoms. The van der Waals surface area contributed by atoms with Gasteiger partial charge in [-0.3, -0.25) is 9.59 Å².